The molecule has 0 unspecified atom stereocenters. The summed E-state index contributed by atoms with van der Waals surface area (Å²) in [6.07, 6.45) is 0.429. The van der Waals surface area contributed by atoms with Crippen molar-refractivity contribution in [3.63, 3.8) is 0 Å². The average molecular weight is 227 g/mol. The Bertz CT molecular complexity index is 330. The van der Waals surface area contributed by atoms with Gasteiger partial charge in [-0.1, -0.05) is 6.92 Å². The lowest BCUT2D eigenvalue weighted by Crippen LogP contribution is -2.33. The second-order valence-electron chi connectivity index (χ2n) is 3.32. The van der Waals surface area contributed by atoms with Crippen molar-refractivity contribution in [2.75, 3.05) is 0 Å². The van der Waals surface area contributed by atoms with Crippen molar-refractivity contribution in [1.29, 1.82) is 0 Å². The van der Waals surface area contributed by atoms with E-state index in [1.54, 1.807) is 13.8 Å². The maximum Gasteiger partial charge on any atom is 0.307 e. The van der Waals surface area contributed by atoms with Gasteiger partial charge in [0.1, 0.15) is 5.76 Å². The first kappa shape index (κ1) is 14.3. The summed E-state index contributed by atoms with van der Waals surface area (Å²) in [4.78, 5) is 34.4. The maximum absolute atomic E-state index is 11.3. The molecule has 90 valence electrons. The molecule has 16 heavy (non-hydrogen) atoms. The van der Waals surface area contributed by atoms with Crippen LogP contribution in [-0.2, 0) is 19.1 Å². The lowest BCUT2D eigenvalue weighted by atomic mass is 10.2. The van der Waals surface area contributed by atoms with Crippen LogP contribution in [-0.4, -0.2) is 22.7 Å². The first-order chi connectivity index (χ1) is 7.31. The van der Waals surface area contributed by atoms with E-state index in [4.69, 9.17) is 4.74 Å². The Hall–Kier alpha value is -1.65. The molecule has 0 bridgehead atoms. The summed E-state index contributed by atoms with van der Waals surface area (Å²) in [5.41, 5.74) is 0.412. The molecule has 0 aliphatic heterocycles. The lowest BCUT2D eigenvalue weighted by molar-refractivity contribution is -0.142. The quantitative estimate of drug-likeness (QED) is 0.542. The van der Waals surface area contributed by atoms with E-state index in [-0.39, 0.29) is 5.76 Å². The van der Waals surface area contributed by atoms with Crippen molar-refractivity contribution in [2.24, 2.45) is 0 Å². The summed E-state index contributed by atoms with van der Waals surface area (Å²) in [5.74, 6) is -0.984. The van der Waals surface area contributed by atoms with Gasteiger partial charge < -0.3 is 4.74 Å². The second kappa shape index (κ2) is 6.05. The lowest BCUT2D eigenvalue weighted by Gasteiger charge is -2.21. The van der Waals surface area contributed by atoms with Gasteiger partial charge in [-0.15, -0.1) is 0 Å². The molecule has 0 saturated carbocycles. The molecule has 2 amide bonds. The zero-order valence-corrected chi connectivity index (χ0v) is 10.3. The van der Waals surface area contributed by atoms with Gasteiger partial charge in [-0.25, -0.2) is 0 Å². The van der Waals surface area contributed by atoms with E-state index in [1.807, 2.05) is 0 Å². The number of hydrogen-bond acceptors (Lipinski definition) is 4. The van der Waals surface area contributed by atoms with E-state index >= 15 is 0 Å². The number of esters is 1. The van der Waals surface area contributed by atoms with Gasteiger partial charge >= 0.3 is 5.97 Å². The number of allylic oxidation sites excluding steroid dienone is 2. The summed E-state index contributed by atoms with van der Waals surface area (Å²) >= 11 is 0. The minimum Gasteiger partial charge on any atom is -0.430 e. The zero-order chi connectivity index (χ0) is 12.9. The van der Waals surface area contributed by atoms with Crippen LogP contribution in [0, 0.1) is 0 Å². The topological polar surface area (TPSA) is 63.7 Å². The third-order valence-electron chi connectivity index (χ3n) is 1.94. The van der Waals surface area contributed by atoms with Gasteiger partial charge in [0.05, 0.1) is 5.70 Å². The third kappa shape index (κ3) is 3.84. The Kier molecular flexibility index (Phi) is 5.42. The molecule has 0 fully saturated rings. The molecule has 0 aliphatic carbocycles. The highest BCUT2D eigenvalue weighted by molar-refractivity contribution is 5.95. The summed E-state index contributed by atoms with van der Waals surface area (Å²) in [6, 6.07) is 0. The number of imide groups is 1. The molecule has 0 atom stereocenters. The zero-order valence-electron chi connectivity index (χ0n) is 10.3. The van der Waals surface area contributed by atoms with Crippen molar-refractivity contribution in [3.8, 4) is 0 Å². The number of rotatable bonds is 3. The maximum atomic E-state index is 11.3. The Labute approximate surface area is 95.1 Å². The summed E-state index contributed by atoms with van der Waals surface area (Å²) in [7, 11) is 0. The Morgan fingerprint density at radius 2 is 1.44 bits per heavy atom. The summed E-state index contributed by atoms with van der Waals surface area (Å²) < 4.78 is 4.88. The third-order valence-corrected chi connectivity index (χ3v) is 1.94. The smallest absolute Gasteiger partial charge is 0.307 e. The van der Waals surface area contributed by atoms with Crippen LogP contribution < -0.4 is 0 Å². The van der Waals surface area contributed by atoms with Crippen molar-refractivity contribution < 1.29 is 19.1 Å². The predicted octanol–water partition coefficient (Wildman–Crippen LogP) is 1.59. The van der Waals surface area contributed by atoms with Crippen molar-refractivity contribution >= 4 is 17.8 Å². The van der Waals surface area contributed by atoms with Crippen LogP contribution in [0.2, 0.25) is 0 Å². The molecule has 5 heteroatoms. The van der Waals surface area contributed by atoms with Gasteiger partial charge in [-0.05, 0) is 13.3 Å². The number of amides is 2. The summed E-state index contributed by atoms with van der Waals surface area (Å²) in [6.45, 7) is 7.18. The molecule has 0 aromatic rings. The van der Waals surface area contributed by atoms with Crippen LogP contribution >= 0.6 is 0 Å². The fraction of sp³-hybridized carbons (Fsp3) is 0.545. The van der Waals surface area contributed by atoms with E-state index in [0.29, 0.717) is 12.1 Å². The molecule has 0 N–H and O–H groups in total. The van der Waals surface area contributed by atoms with Gasteiger partial charge in [-0.2, -0.15) is 0 Å². The molecule has 0 heterocycles. The first-order valence-electron chi connectivity index (χ1n) is 5.00. The number of nitrogens with zero attached hydrogens (tertiary/aromatic N) is 1. The molecule has 0 spiro atoms. The van der Waals surface area contributed by atoms with Crippen molar-refractivity contribution in [3.05, 3.63) is 11.5 Å². The van der Waals surface area contributed by atoms with Crippen LogP contribution in [0.15, 0.2) is 11.5 Å². The van der Waals surface area contributed by atoms with Crippen LogP contribution in [0.1, 0.15) is 41.0 Å². The van der Waals surface area contributed by atoms with Crippen LogP contribution in [0.4, 0.5) is 0 Å². The van der Waals surface area contributed by atoms with Crippen molar-refractivity contribution in [2.45, 2.75) is 41.0 Å². The Balaban J connectivity index is 5.29. The highest BCUT2D eigenvalue weighted by Crippen LogP contribution is 2.16. The number of carbonyl (C=O) groups excluding carboxylic acids is 3. The molecule has 0 rings (SSSR count). The van der Waals surface area contributed by atoms with E-state index in [2.05, 4.69) is 0 Å². The number of carbonyl (C=O) groups is 3. The molecule has 5 nitrogen and oxygen atoms in total. The molecule has 0 aromatic heterocycles. The van der Waals surface area contributed by atoms with E-state index in [0.717, 1.165) is 4.90 Å². The highest BCUT2D eigenvalue weighted by atomic mass is 16.5. The Morgan fingerprint density at radius 1 is 1.00 bits per heavy atom. The summed E-state index contributed by atoms with van der Waals surface area (Å²) in [5, 5.41) is 0. The van der Waals surface area contributed by atoms with Crippen LogP contribution in [0.25, 0.3) is 0 Å². The fourth-order valence-electron chi connectivity index (χ4n) is 1.44. The second-order valence-corrected chi connectivity index (χ2v) is 3.32. The minimum atomic E-state index is -0.476. The largest absolute Gasteiger partial charge is 0.430 e. The molecule has 0 aliphatic rings. The van der Waals surface area contributed by atoms with Crippen LogP contribution in [0.5, 0.6) is 0 Å². The number of hydrogen-bond donors (Lipinski definition) is 0. The monoisotopic (exact) mass is 227 g/mol. The van der Waals surface area contributed by atoms with Crippen LogP contribution in [0.3, 0.4) is 0 Å². The number of ether oxygens (including phenoxy) is 1. The van der Waals surface area contributed by atoms with E-state index in [9.17, 15) is 14.4 Å². The molecular weight excluding hydrogens is 210 g/mol. The average Bonchev–Trinajstić information content (AvgIpc) is 2.10. The van der Waals surface area contributed by atoms with E-state index < -0.39 is 17.8 Å². The standard InChI is InChI=1S/C11H17NO4/c1-6-11(7(2)16-10(5)15)12(8(3)13)9(4)14/h6H2,1-5H3. The molecule has 0 aromatic carbocycles. The molecule has 0 radical (unpaired) electrons. The fourth-order valence-corrected chi connectivity index (χ4v) is 1.44. The molecular formula is C11H17NO4. The normalized spacial score (nSPS) is 11.6. The SMILES string of the molecule is CCC(=C(C)OC(C)=O)N(C(C)=O)C(C)=O. The van der Waals surface area contributed by atoms with E-state index in [1.165, 1.54) is 20.8 Å². The van der Waals surface area contributed by atoms with Crippen molar-refractivity contribution in [1.82, 2.24) is 4.90 Å². The van der Waals surface area contributed by atoms with Gasteiger partial charge in [-0.3, -0.25) is 19.3 Å². The predicted molar refractivity (Wildman–Crippen MR) is 58.0 cm³/mol. The minimum absolute atomic E-state index is 0.278. The highest BCUT2D eigenvalue weighted by Gasteiger charge is 2.20. The van der Waals surface area contributed by atoms with Gasteiger partial charge in [0.15, 0.2) is 0 Å². The van der Waals surface area contributed by atoms with Gasteiger partial charge in [0.2, 0.25) is 11.8 Å². The Morgan fingerprint density at radius 3 is 1.69 bits per heavy atom. The molecule has 0 saturated heterocycles. The van der Waals surface area contributed by atoms with Gasteiger partial charge in [0.25, 0.3) is 0 Å². The van der Waals surface area contributed by atoms with Gasteiger partial charge in [0, 0.05) is 20.8 Å². The first-order valence-corrected chi connectivity index (χ1v) is 5.00.